The van der Waals surface area contributed by atoms with E-state index in [2.05, 4.69) is 133 Å². The maximum atomic E-state index is 6.74. The van der Waals surface area contributed by atoms with Crippen molar-refractivity contribution in [2.75, 3.05) is 6.61 Å². The minimum Gasteiger partial charge on any atom is -0.417 e. The van der Waals surface area contributed by atoms with Gasteiger partial charge in [-0.3, -0.25) is 4.52 Å². The van der Waals surface area contributed by atoms with E-state index in [-0.39, 0.29) is 21.7 Å². The van der Waals surface area contributed by atoms with Crippen molar-refractivity contribution in [3.05, 3.63) is 71.3 Å². The first-order valence-corrected chi connectivity index (χ1v) is 16.7. The van der Waals surface area contributed by atoms with Gasteiger partial charge >= 0.3 is 8.60 Å². The first kappa shape index (κ1) is 35.4. The highest BCUT2D eigenvalue weighted by Gasteiger charge is 2.30. The predicted molar refractivity (Wildman–Crippen MR) is 180 cm³/mol. The predicted octanol–water partition coefficient (Wildman–Crippen LogP) is 12.0. The molecule has 2 aromatic carbocycles. The van der Waals surface area contributed by atoms with Gasteiger partial charge in [0, 0.05) is 16.5 Å². The molecule has 0 N–H and O–H groups in total. The van der Waals surface area contributed by atoms with Crippen molar-refractivity contribution in [2.45, 2.75) is 137 Å². The van der Waals surface area contributed by atoms with E-state index < -0.39 is 8.60 Å². The molecule has 2 aromatic rings. The lowest BCUT2D eigenvalue weighted by molar-refractivity contribution is 0.206. The highest BCUT2D eigenvalue weighted by Crippen LogP contribution is 2.48. The van der Waals surface area contributed by atoms with Crippen LogP contribution in [0.5, 0.6) is 11.5 Å². The van der Waals surface area contributed by atoms with E-state index in [1.54, 1.807) is 0 Å². The first-order valence-electron chi connectivity index (χ1n) is 15.6. The Balaban J connectivity index is 2.56. The molecular formula is C37H59O3P. The largest absolute Gasteiger partial charge is 0.463 e. The lowest BCUT2D eigenvalue weighted by Gasteiger charge is -2.30. The summed E-state index contributed by atoms with van der Waals surface area (Å²) >= 11 is 0. The third kappa shape index (κ3) is 10.1. The van der Waals surface area contributed by atoms with Gasteiger partial charge in [-0.15, -0.1) is 6.58 Å². The summed E-state index contributed by atoms with van der Waals surface area (Å²) < 4.78 is 20.0. The first-order chi connectivity index (χ1) is 18.8. The molecule has 41 heavy (non-hydrogen) atoms. The molecule has 0 aromatic heterocycles. The van der Waals surface area contributed by atoms with Gasteiger partial charge in [-0.05, 0) is 51.8 Å². The standard InChI is InChI=1S/C37H59O3P/c1-15-18-19-27(16-2)26-38-41(39-32-22-20-28(34(4,5)6)24-30(32)35(7,8)9)40-33-23-21-29(37(13,14)17-3)25-31(33)36(10,11)12/h17,20-25,27H,3,15-16,18-19,26H2,1-2,4-14H3. The van der Waals surface area contributed by atoms with Crippen LogP contribution >= 0.6 is 8.60 Å². The lowest BCUT2D eigenvalue weighted by atomic mass is 9.79. The number of unbranched alkanes of at least 4 members (excludes halogenated alkanes) is 1. The highest BCUT2D eigenvalue weighted by molar-refractivity contribution is 7.42. The van der Waals surface area contributed by atoms with Gasteiger partial charge in [0.15, 0.2) is 0 Å². The molecular weight excluding hydrogens is 523 g/mol. The van der Waals surface area contributed by atoms with Gasteiger partial charge in [0.1, 0.15) is 11.5 Å². The molecule has 2 atom stereocenters. The third-order valence-corrected chi connectivity index (χ3v) is 9.05. The summed E-state index contributed by atoms with van der Waals surface area (Å²) in [4.78, 5) is 0. The summed E-state index contributed by atoms with van der Waals surface area (Å²) in [6, 6.07) is 13.1. The fourth-order valence-corrected chi connectivity index (χ4v) is 5.79. The summed E-state index contributed by atoms with van der Waals surface area (Å²) in [5.41, 5.74) is 4.51. The molecule has 230 valence electrons. The zero-order valence-corrected chi connectivity index (χ0v) is 29.4. The van der Waals surface area contributed by atoms with Crippen molar-refractivity contribution in [1.29, 1.82) is 0 Å². The summed E-state index contributed by atoms with van der Waals surface area (Å²) in [6.45, 7) is 33.7. The Morgan fingerprint density at radius 3 is 1.63 bits per heavy atom. The smallest absolute Gasteiger partial charge is 0.417 e. The molecule has 0 aliphatic carbocycles. The number of allylic oxidation sites excluding steroid dienone is 1. The summed E-state index contributed by atoms with van der Waals surface area (Å²) in [5, 5.41) is 0. The van der Waals surface area contributed by atoms with Gasteiger partial charge in [0.2, 0.25) is 0 Å². The number of hydrogen-bond donors (Lipinski definition) is 0. The Hall–Kier alpha value is -1.83. The van der Waals surface area contributed by atoms with Crippen LogP contribution in [0.2, 0.25) is 0 Å². The van der Waals surface area contributed by atoms with Crippen LogP contribution in [0.25, 0.3) is 0 Å². The average molecular weight is 583 g/mol. The molecule has 2 unspecified atom stereocenters. The van der Waals surface area contributed by atoms with Crippen molar-refractivity contribution < 1.29 is 13.6 Å². The highest BCUT2D eigenvalue weighted by atomic mass is 31.2. The fraction of sp³-hybridized carbons (Fsp3) is 0.622. The molecule has 0 radical (unpaired) electrons. The van der Waals surface area contributed by atoms with Crippen LogP contribution in [0, 0.1) is 5.92 Å². The van der Waals surface area contributed by atoms with E-state index in [9.17, 15) is 0 Å². The van der Waals surface area contributed by atoms with Crippen molar-refractivity contribution in [3.8, 4) is 11.5 Å². The van der Waals surface area contributed by atoms with Crippen LogP contribution in [0.15, 0.2) is 49.1 Å². The Kier molecular flexibility index (Phi) is 12.2. The second-order valence-electron chi connectivity index (χ2n) is 15.2. The Labute approximate surface area is 254 Å². The van der Waals surface area contributed by atoms with Crippen LogP contribution in [0.4, 0.5) is 0 Å². The van der Waals surface area contributed by atoms with Crippen LogP contribution in [0.1, 0.15) is 138 Å². The molecule has 0 fully saturated rings. The summed E-state index contributed by atoms with van der Waals surface area (Å²) in [7, 11) is -1.69. The van der Waals surface area contributed by atoms with E-state index in [1.807, 2.05) is 6.08 Å². The fourth-order valence-electron chi connectivity index (χ4n) is 4.67. The Morgan fingerprint density at radius 1 is 0.732 bits per heavy atom. The SMILES string of the molecule is C=CC(C)(C)c1ccc(OP(OCC(CC)CCCC)Oc2ccc(C(C)(C)C)cc2C(C)(C)C)c(C(C)(C)C)c1. The molecule has 0 spiro atoms. The van der Waals surface area contributed by atoms with Gasteiger partial charge < -0.3 is 9.05 Å². The zero-order valence-electron chi connectivity index (χ0n) is 28.5. The van der Waals surface area contributed by atoms with Gasteiger partial charge in [0.05, 0.1) is 6.61 Å². The topological polar surface area (TPSA) is 27.7 Å². The van der Waals surface area contributed by atoms with E-state index in [4.69, 9.17) is 13.6 Å². The van der Waals surface area contributed by atoms with Crippen LogP contribution in [-0.4, -0.2) is 6.61 Å². The number of hydrogen-bond acceptors (Lipinski definition) is 3. The maximum Gasteiger partial charge on any atom is 0.463 e. The molecule has 0 aliphatic rings. The zero-order chi connectivity index (χ0) is 31.2. The van der Waals surface area contributed by atoms with Crippen molar-refractivity contribution >= 4 is 8.60 Å². The Morgan fingerprint density at radius 2 is 1.22 bits per heavy atom. The minimum absolute atomic E-state index is 0.0481. The molecule has 2 rings (SSSR count). The molecule has 0 amide bonds. The van der Waals surface area contributed by atoms with Gasteiger partial charge in [-0.2, -0.15) is 0 Å². The third-order valence-electron chi connectivity index (χ3n) is 8.00. The van der Waals surface area contributed by atoms with Crippen LogP contribution < -0.4 is 9.05 Å². The van der Waals surface area contributed by atoms with E-state index in [0.29, 0.717) is 12.5 Å². The van der Waals surface area contributed by atoms with Crippen molar-refractivity contribution in [1.82, 2.24) is 0 Å². The van der Waals surface area contributed by atoms with E-state index >= 15 is 0 Å². The molecule has 0 saturated carbocycles. The Bertz CT molecular complexity index is 1130. The lowest BCUT2D eigenvalue weighted by Crippen LogP contribution is -2.19. The summed E-state index contributed by atoms with van der Waals surface area (Å²) in [6.07, 6.45) is 6.64. The quantitative estimate of drug-likeness (QED) is 0.174. The molecule has 0 aliphatic heterocycles. The second kappa shape index (κ2) is 14.1. The van der Waals surface area contributed by atoms with Crippen molar-refractivity contribution in [3.63, 3.8) is 0 Å². The maximum absolute atomic E-state index is 6.74. The van der Waals surface area contributed by atoms with Crippen molar-refractivity contribution in [2.24, 2.45) is 5.92 Å². The average Bonchev–Trinajstić information content (AvgIpc) is 2.87. The van der Waals surface area contributed by atoms with Crippen LogP contribution in [0.3, 0.4) is 0 Å². The summed E-state index contributed by atoms with van der Waals surface area (Å²) in [5.74, 6) is 2.13. The van der Waals surface area contributed by atoms with E-state index in [0.717, 1.165) is 29.9 Å². The number of benzene rings is 2. The van der Waals surface area contributed by atoms with Gasteiger partial charge in [-0.1, -0.05) is 140 Å². The monoisotopic (exact) mass is 582 g/mol. The van der Waals surface area contributed by atoms with Gasteiger partial charge in [0.25, 0.3) is 0 Å². The molecule has 4 heteroatoms. The molecule has 0 saturated heterocycles. The normalized spacial score (nSPS) is 14.5. The minimum atomic E-state index is -1.69. The molecule has 3 nitrogen and oxygen atoms in total. The molecule has 0 bridgehead atoms. The second-order valence-corrected chi connectivity index (χ2v) is 16.3. The van der Waals surface area contributed by atoms with E-state index in [1.165, 1.54) is 29.5 Å². The molecule has 0 heterocycles. The number of rotatable bonds is 13. The van der Waals surface area contributed by atoms with Gasteiger partial charge in [-0.25, -0.2) is 0 Å². The van der Waals surface area contributed by atoms with Crippen LogP contribution in [-0.2, 0) is 26.2 Å².